The number of anilines is 1. The summed E-state index contributed by atoms with van der Waals surface area (Å²) in [6, 6.07) is 9.01. The Hall–Kier alpha value is -0.740. The SMILES string of the molecule is Cc1ccc2c(c1)C(O)(c1cccnc1C)C(=O)N2.II. The first-order valence-electron chi connectivity index (χ1n) is 6.25. The molecule has 0 saturated carbocycles. The average molecular weight is 508 g/mol. The molecule has 0 bridgehead atoms. The van der Waals surface area contributed by atoms with E-state index in [2.05, 4.69) is 47.5 Å². The third-order valence-corrected chi connectivity index (χ3v) is 3.54. The van der Waals surface area contributed by atoms with Crippen LogP contribution in [0.15, 0.2) is 36.5 Å². The van der Waals surface area contributed by atoms with E-state index in [0.29, 0.717) is 22.5 Å². The topological polar surface area (TPSA) is 62.2 Å². The Morgan fingerprint density at radius 3 is 2.57 bits per heavy atom. The van der Waals surface area contributed by atoms with Crippen LogP contribution in [0.5, 0.6) is 0 Å². The highest BCUT2D eigenvalue weighted by atomic mass is 128. The van der Waals surface area contributed by atoms with Gasteiger partial charge in [-0.15, -0.1) is 0 Å². The van der Waals surface area contributed by atoms with Crippen LogP contribution in [0.3, 0.4) is 0 Å². The molecule has 2 aromatic rings. The number of aromatic nitrogens is 1. The summed E-state index contributed by atoms with van der Waals surface area (Å²) in [6.07, 6.45) is 1.65. The van der Waals surface area contributed by atoms with Gasteiger partial charge in [0.25, 0.3) is 5.91 Å². The maximum absolute atomic E-state index is 12.2. The zero-order chi connectivity index (χ0) is 15.6. The molecule has 2 N–H and O–H groups in total. The molecule has 0 aliphatic carbocycles. The van der Waals surface area contributed by atoms with E-state index in [1.165, 1.54) is 0 Å². The van der Waals surface area contributed by atoms with E-state index in [1.54, 1.807) is 25.3 Å². The standard InChI is InChI=1S/C15H14N2O2.I2/c1-9-5-6-13-12(8-9)15(19,14(18)17-13)11-4-3-7-16-10(11)2;1-2/h3-8,19H,1-2H3,(H,17,18);. The van der Waals surface area contributed by atoms with E-state index in [0.717, 1.165) is 5.56 Å². The lowest BCUT2D eigenvalue weighted by atomic mass is 9.86. The fourth-order valence-electron chi connectivity index (χ4n) is 2.54. The van der Waals surface area contributed by atoms with Gasteiger partial charge in [0.05, 0.1) is 0 Å². The quantitative estimate of drug-likeness (QED) is 0.579. The Balaban J connectivity index is 0.000000774. The van der Waals surface area contributed by atoms with E-state index in [4.69, 9.17) is 0 Å². The van der Waals surface area contributed by atoms with Crippen molar-refractivity contribution in [3.63, 3.8) is 0 Å². The number of nitrogens with one attached hydrogen (secondary N) is 1. The second-order valence-electron chi connectivity index (χ2n) is 4.85. The number of benzene rings is 1. The van der Waals surface area contributed by atoms with Crippen molar-refractivity contribution in [2.24, 2.45) is 0 Å². The van der Waals surface area contributed by atoms with Crippen molar-refractivity contribution in [2.45, 2.75) is 19.4 Å². The highest BCUT2D eigenvalue weighted by Crippen LogP contribution is 2.41. The summed E-state index contributed by atoms with van der Waals surface area (Å²) >= 11 is 4.24. The van der Waals surface area contributed by atoms with Crippen LogP contribution >= 0.6 is 37.2 Å². The molecule has 0 spiro atoms. The van der Waals surface area contributed by atoms with Gasteiger partial charge < -0.3 is 10.4 Å². The summed E-state index contributed by atoms with van der Waals surface area (Å²) in [5.41, 5.74) is 1.76. The molecule has 1 unspecified atom stereocenters. The Bertz CT molecular complexity index is 691. The minimum absolute atomic E-state index is 0.427. The molecule has 6 heteroatoms. The molecule has 0 fully saturated rings. The minimum atomic E-state index is -1.65. The molecule has 4 nitrogen and oxygen atoms in total. The van der Waals surface area contributed by atoms with E-state index in [9.17, 15) is 9.90 Å². The molecule has 1 aliphatic rings. The molecule has 110 valence electrons. The van der Waals surface area contributed by atoms with Gasteiger partial charge in [0, 0.05) is 65.9 Å². The number of hydrogen-bond acceptors (Lipinski definition) is 3. The highest BCUT2D eigenvalue weighted by molar-refractivity contribution is 15.0. The number of carbonyl (C=O) groups is 1. The van der Waals surface area contributed by atoms with Crippen molar-refractivity contribution in [3.8, 4) is 0 Å². The highest BCUT2D eigenvalue weighted by Gasteiger charge is 2.47. The van der Waals surface area contributed by atoms with Gasteiger partial charge in [-0.2, -0.15) is 0 Å². The van der Waals surface area contributed by atoms with Crippen LogP contribution in [0.2, 0.25) is 0 Å². The zero-order valence-electron chi connectivity index (χ0n) is 11.5. The molecule has 1 aromatic carbocycles. The van der Waals surface area contributed by atoms with Gasteiger partial charge in [0.15, 0.2) is 5.60 Å². The molecule has 0 saturated heterocycles. The maximum atomic E-state index is 12.2. The van der Waals surface area contributed by atoms with Crippen molar-refractivity contribution in [3.05, 3.63) is 58.9 Å². The second kappa shape index (κ2) is 6.57. The summed E-state index contributed by atoms with van der Waals surface area (Å²) in [6.45, 7) is 3.72. The maximum Gasteiger partial charge on any atom is 0.265 e. The molecular formula is C15H14I2N2O2. The number of pyridine rings is 1. The zero-order valence-corrected chi connectivity index (χ0v) is 15.8. The molecular weight excluding hydrogens is 494 g/mol. The van der Waals surface area contributed by atoms with Crippen molar-refractivity contribution in [1.82, 2.24) is 4.98 Å². The summed E-state index contributed by atoms with van der Waals surface area (Å²) in [7, 11) is 0. The first-order chi connectivity index (χ1) is 10.0. The first kappa shape index (κ1) is 16.6. The number of fused-ring (bicyclic) bond motifs is 1. The number of aryl methyl sites for hydroxylation is 2. The lowest BCUT2D eigenvalue weighted by Crippen LogP contribution is -2.36. The largest absolute Gasteiger partial charge is 0.372 e. The monoisotopic (exact) mass is 508 g/mol. The van der Waals surface area contributed by atoms with Crippen LogP contribution in [-0.4, -0.2) is 16.0 Å². The van der Waals surface area contributed by atoms with Crippen molar-refractivity contribution >= 4 is 48.8 Å². The normalized spacial score (nSPS) is 19.4. The van der Waals surface area contributed by atoms with Gasteiger partial charge in [0.2, 0.25) is 0 Å². The molecule has 1 aromatic heterocycles. The molecule has 1 atom stereocenters. The van der Waals surface area contributed by atoms with Gasteiger partial charge in [-0.1, -0.05) is 23.8 Å². The lowest BCUT2D eigenvalue weighted by molar-refractivity contribution is -0.129. The third-order valence-electron chi connectivity index (χ3n) is 3.54. The van der Waals surface area contributed by atoms with Gasteiger partial charge in [-0.05, 0) is 26.0 Å². The molecule has 1 aliphatic heterocycles. The summed E-state index contributed by atoms with van der Waals surface area (Å²) in [5, 5.41) is 13.7. The van der Waals surface area contributed by atoms with Crippen molar-refractivity contribution in [2.75, 3.05) is 5.32 Å². The van der Waals surface area contributed by atoms with E-state index >= 15 is 0 Å². The van der Waals surface area contributed by atoms with Gasteiger partial charge in [0.1, 0.15) is 0 Å². The number of rotatable bonds is 1. The van der Waals surface area contributed by atoms with Crippen LogP contribution in [0.1, 0.15) is 22.4 Å². The van der Waals surface area contributed by atoms with Crippen LogP contribution in [-0.2, 0) is 10.4 Å². The van der Waals surface area contributed by atoms with Crippen LogP contribution in [0, 0.1) is 13.8 Å². The van der Waals surface area contributed by atoms with E-state index < -0.39 is 11.5 Å². The molecule has 1 amide bonds. The number of hydrogen-bond donors (Lipinski definition) is 2. The van der Waals surface area contributed by atoms with Crippen molar-refractivity contribution in [1.29, 1.82) is 0 Å². The summed E-state index contributed by atoms with van der Waals surface area (Å²) in [5.74, 6) is -0.427. The number of amides is 1. The smallest absolute Gasteiger partial charge is 0.265 e. The van der Waals surface area contributed by atoms with Gasteiger partial charge >= 0.3 is 0 Å². The average Bonchev–Trinajstić information content (AvgIpc) is 2.74. The molecule has 2 heterocycles. The Labute approximate surface area is 146 Å². The summed E-state index contributed by atoms with van der Waals surface area (Å²) < 4.78 is 0. The number of halogens is 2. The van der Waals surface area contributed by atoms with Crippen LogP contribution in [0.25, 0.3) is 0 Å². The Kier molecular flexibility index (Phi) is 5.20. The second-order valence-corrected chi connectivity index (χ2v) is 4.85. The Morgan fingerprint density at radius 1 is 1.19 bits per heavy atom. The predicted octanol–water partition coefficient (Wildman–Crippen LogP) is 3.66. The van der Waals surface area contributed by atoms with E-state index in [1.807, 2.05) is 25.1 Å². The fourth-order valence-corrected chi connectivity index (χ4v) is 2.54. The van der Waals surface area contributed by atoms with Gasteiger partial charge in [-0.3, -0.25) is 9.78 Å². The first-order valence-corrected chi connectivity index (χ1v) is 12.5. The minimum Gasteiger partial charge on any atom is -0.372 e. The number of aliphatic hydroxyl groups is 1. The van der Waals surface area contributed by atoms with E-state index in [-0.39, 0.29) is 0 Å². The molecule has 21 heavy (non-hydrogen) atoms. The van der Waals surface area contributed by atoms with Crippen molar-refractivity contribution < 1.29 is 9.90 Å². The van der Waals surface area contributed by atoms with Gasteiger partial charge in [-0.25, -0.2) is 0 Å². The third kappa shape index (κ3) is 2.80. The van der Waals surface area contributed by atoms with Crippen LogP contribution < -0.4 is 5.32 Å². The summed E-state index contributed by atoms with van der Waals surface area (Å²) in [4.78, 5) is 16.4. The lowest BCUT2D eigenvalue weighted by Gasteiger charge is -2.22. The van der Waals surface area contributed by atoms with Crippen LogP contribution in [0.4, 0.5) is 5.69 Å². The molecule has 3 rings (SSSR count). The predicted molar refractivity (Wildman–Crippen MR) is 99.8 cm³/mol. The molecule has 0 radical (unpaired) electrons. The fraction of sp³-hybridized carbons (Fsp3) is 0.200. The number of nitrogens with zero attached hydrogens (tertiary/aromatic N) is 1. The Morgan fingerprint density at radius 2 is 1.90 bits per heavy atom. The number of carbonyl (C=O) groups excluding carboxylic acids is 1.